The highest BCUT2D eigenvalue weighted by molar-refractivity contribution is 6.32. The monoisotopic (exact) mass is 329 g/mol. The van der Waals surface area contributed by atoms with Crippen molar-refractivity contribution < 1.29 is 14.3 Å². The third-order valence-corrected chi connectivity index (χ3v) is 4.38. The van der Waals surface area contributed by atoms with E-state index in [2.05, 4.69) is 0 Å². The SMILES string of the molecule is C[C@H]1CC(=O)c2c(OCc3ccc(C(N)=O)cc3)ccc(Cl)c21. The fourth-order valence-electron chi connectivity index (χ4n) is 2.87. The fourth-order valence-corrected chi connectivity index (χ4v) is 3.22. The molecule has 2 N–H and O–H groups in total. The summed E-state index contributed by atoms with van der Waals surface area (Å²) < 4.78 is 5.81. The van der Waals surface area contributed by atoms with Gasteiger partial charge in [-0.25, -0.2) is 0 Å². The summed E-state index contributed by atoms with van der Waals surface area (Å²) in [6, 6.07) is 10.4. The number of hydrogen-bond acceptors (Lipinski definition) is 3. The van der Waals surface area contributed by atoms with Crippen LogP contribution in [0.4, 0.5) is 0 Å². The van der Waals surface area contributed by atoms with E-state index in [0.29, 0.717) is 34.9 Å². The van der Waals surface area contributed by atoms with Crippen LogP contribution in [0.15, 0.2) is 36.4 Å². The van der Waals surface area contributed by atoms with Crippen LogP contribution in [-0.4, -0.2) is 11.7 Å². The minimum Gasteiger partial charge on any atom is -0.488 e. The normalized spacial score (nSPS) is 16.3. The highest BCUT2D eigenvalue weighted by atomic mass is 35.5. The first kappa shape index (κ1) is 15.6. The predicted molar refractivity (Wildman–Crippen MR) is 88.1 cm³/mol. The largest absolute Gasteiger partial charge is 0.488 e. The number of ketones is 1. The highest BCUT2D eigenvalue weighted by Crippen LogP contribution is 2.42. The van der Waals surface area contributed by atoms with Crippen LogP contribution in [0.3, 0.4) is 0 Å². The molecule has 4 nitrogen and oxygen atoms in total. The molecule has 118 valence electrons. The molecule has 0 fully saturated rings. The van der Waals surface area contributed by atoms with Crippen LogP contribution < -0.4 is 10.5 Å². The lowest BCUT2D eigenvalue weighted by Crippen LogP contribution is -2.10. The molecule has 23 heavy (non-hydrogen) atoms. The Morgan fingerprint density at radius 2 is 1.96 bits per heavy atom. The molecular formula is C18H16ClNO3. The van der Waals surface area contributed by atoms with Gasteiger partial charge in [-0.3, -0.25) is 9.59 Å². The van der Waals surface area contributed by atoms with Gasteiger partial charge < -0.3 is 10.5 Å². The molecule has 0 aliphatic heterocycles. The molecule has 3 rings (SSSR count). The summed E-state index contributed by atoms with van der Waals surface area (Å²) in [5.74, 6) is 0.266. The molecule has 0 heterocycles. The van der Waals surface area contributed by atoms with Gasteiger partial charge in [-0.15, -0.1) is 0 Å². The summed E-state index contributed by atoms with van der Waals surface area (Å²) in [5.41, 5.74) is 8.02. The molecule has 5 heteroatoms. The zero-order chi connectivity index (χ0) is 16.6. The molecule has 0 unspecified atom stereocenters. The van der Waals surface area contributed by atoms with E-state index in [1.54, 1.807) is 36.4 Å². The fraction of sp³-hybridized carbons (Fsp3) is 0.222. The highest BCUT2D eigenvalue weighted by Gasteiger charge is 2.31. The summed E-state index contributed by atoms with van der Waals surface area (Å²) in [4.78, 5) is 23.2. The Morgan fingerprint density at radius 1 is 1.26 bits per heavy atom. The number of Topliss-reactive ketones (excluding diaryl/α,β-unsaturated/α-hetero) is 1. The van der Waals surface area contributed by atoms with Gasteiger partial charge in [-0.1, -0.05) is 30.7 Å². The van der Waals surface area contributed by atoms with E-state index in [4.69, 9.17) is 22.1 Å². The molecule has 1 aliphatic rings. The van der Waals surface area contributed by atoms with Crippen molar-refractivity contribution in [3.05, 3.63) is 63.7 Å². The van der Waals surface area contributed by atoms with E-state index in [-0.39, 0.29) is 11.7 Å². The molecule has 0 spiro atoms. The molecule has 1 atom stereocenters. The van der Waals surface area contributed by atoms with Crippen molar-refractivity contribution in [3.63, 3.8) is 0 Å². The van der Waals surface area contributed by atoms with Gasteiger partial charge in [-0.2, -0.15) is 0 Å². The number of hydrogen-bond donors (Lipinski definition) is 1. The molecule has 0 saturated carbocycles. The van der Waals surface area contributed by atoms with E-state index < -0.39 is 5.91 Å². The van der Waals surface area contributed by atoms with E-state index in [9.17, 15) is 9.59 Å². The number of amides is 1. The van der Waals surface area contributed by atoms with Gasteiger partial charge in [-0.05, 0) is 41.3 Å². The molecule has 2 aromatic rings. The van der Waals surface area contributed by atoms with Crippen LogP contribution >= 0.6 is 11.6 Å². The molecule has 0 saturated heterocycles. The Kier molecular flexibility index (Phi) is 4.09. The summed E-state index contributed by atoms with van der Waals surface area (Å²) >= 11 is 6.21. The van der Waals surface area contributed by atoms with Crippen LogP contribution in [0.5, 0.6) is 5.75 Å². The number of primary amides is 1. The van der Waals surface area contributed by atoms with Gasteiger partial charge in [0.2, 0.25) is 5.91 Å². The maximum atomic E-state index is 12.2. The number of carbonyl (C=O) groups is 2. The Labute approximate surface area is 139 Å². The van der Waals surface area contributed by atoms with Crippen molar-refractivity contribution in [1.29, 1.82) is 0 Å². The van der Waals surface area contributed by atoms with Crippen molar-refractivity contribution in [3.8, 4) is 5.75 Å². The second-order valence-corrected chi connectivity index (χ2v) is 6.12. The van der Waals surface area contributed by atoms with Crippen molar-refractivity contribution in [2.24, 2.45) is 5.73 Å². The number of ether oxygens (including phenoxy) is 1. The van der Waals surface area contributed by atoms with Crippen LogP contribution in [0, 0.1) is 0 Å². The molecule has 2 aromatic carbocycles. The standard InChI is InChI=1S/C18H16ClNO3/c1-10-8-14(21)17-15(7-6-13(19)16(10)17)23-9-11-2-4-12(5-3-11)18(20)22/h2-7,10H,8-9H2,1H3,(H2,20,22)/t10-/m0/s1. The minimum absolute atomic E-state index is 0.0640. The lowest BCUT2D eigenvalue weighted by molar-refractivity contribution is 0.0982. The maximum absolute atomic E-state index is 12.2. The smallest absolute Gasteiger partial charge is 0.248 e. The zero-order valence-electron chi connectivity index (χ0n) is 12.6. The predicted octanol–water partition coefficient (Wildman–Crippen LogP) is 3.71. The van der Waals surface area contributed by atoms with Crippen molar-refractivity contribution in [2.75, 3.05) is 0 Å². The van der Waals surface area contributed by atoms with E-state index in [1.165, 1.54) is 0 Å². The van der Waals surface area contributed by atoms with Gasteiger partial charge in [0.1, 0.15) is 12.4 Å². The molecule has 1 amide bonds. The van der Waals surface area contributed by atoms with Crippen molar-refractivity contribution in [1.82, 2.24) is 0 Å². The first-order chi connectivity index (χ1) is 11.0. The number of rotatable bonds is 4. The number of nitrogens with two attached hydrogens (primary N) is 1. The second-order valence-electron chi connectivity index (χ2n) is 5.71. The molecule has 0 radical (unpaired) electrons. The van der Waals surface area contributed by atoms with Gasteiger partial charge in [0.15, 0.2) is 5.78 Å². The lowest BCUT2D eigenvalue weighted by atomic mass is 10.0. The summed E-state index contributed by atoms with van der Waals surface area (Å²) in [6.45, 7) is 2.29. The first-order valence-electron chi connectivity index (χ1n) is 7.34. The third-order valence-electron chi connectivity index (χ3n) is 4.05. The topological polar surface area (TPSA) is 69.4 Å². The van der Waals surface area contributed by atoms with Crippen LogP contribution in [0.1, 0.15) is 51.1 Å². The average molecular weight is 330 g/mol. The average Bonchev–Trinajstić information content (AvgIpc) is 2.83. The van der Waals surface area contributed by atoms with Crippen molar-refractivity contribution >= 4 is 23.3 Å². The third kappa shape index (κ3) is 2.94. The van der Waals surface area contributed by atoms with Crippen LogP contribution in [0.2, 0.25) is 5.02 Å². The molecular weight excluding hydrogens is 314 g/mol. The number of fused-ring (bicyclic) bond motifs is 1. The maximum Gasteiger partial charge on any atom is 0.248 e. The Morgan fingerprint density at radius 3 is 2.61 bits per heavy atom. The van der Waals surface area contributed by atoms with Crippen LogP contribution in [0.25, 0.3) is 0 Å². The Hall–Kier alpha value is -2.33. The Bertz CT molecular complexity index is 784. The van der Waals surface area contributed by atoms with Crippen LogP contribution in [-0.2, 0) is 6.61 Å². The quantitative estimate of drug-likeness (QED) is 0.929. The van der Waals surface area contributed by atoms with Gasteiger partial charge in [0.05, 0.1) is 5.56 Å². The number of halogens is 1. The van der Waals surface area contributed by atoms with Gasteiger partial charge in [0.25, 0.3) is 0 Å². The van der Waals surface area contributed by atoms with E-state index >= 15 is 0 Å². The first-order valence-corrected chi connectivity index (χ1v) is 7.72. The van der Waals surface area contributed by atoms with E-state index in [0.717, 1.165) is 11.1 Å². The Balaban J connectivity index is 1.82. The summed E-state index contributed by atoms with van der Waals surface area (Å²) in [6.07, 6.45) is 0.461. The summed E-state index contributed by atoms with van der Waals surface area (Å²) in [7, 11) is 0. The number of benzene rings is 2. The van der Waals surface area contributed by atoms with E-state index in [1.807, 2.05) is 6.92 Å². The minimum atomic E-state index is -0.465. The molecule has 0 aromatic heterocycles. The molecule has 1 aliphatic carbocycles. The second kappa shape index (κ2) is 6.05. The van der Waals surface area contributed by atoms with Gasteiger partial charge in [0, 0.05) is 17.0 Å². The zero-order valence-corrected chi connectivity index (χ0v) is 13.4. The summed E-state index contributed by atoms with van der Waals surface area (Å²) in [5, 5.41) is 0.608. The molecule has 0 bridgehead atoms. The van der Waals surface area contributed by atoms with Gasteiger partial charge >= 0.3 is 0 Å². The van der Waals surface area contributed by atoms with Crippen molar-refractivity contribution in [2.45, 2.75) is 25.9 Å². The number of carbonyl (C=O) groups excluding carboxylic acids is 2. The lowest BCUT2D eigenvalue weighted by Gasteiger charge is -2.12.